The Bertz CT molecular complexity index is 536. The molecule has 3 heteroatoms. The molecule has 0 atom stereocenters. The summed E-state index contributed by atoms with van der Waals surface area (Å²) in [6.45, 7) is 12.3. The zero-order chi connectivity index (χ0) is 17.1. The lowest BCUT2D eigenvalue weighted by molar-refractivity contribution is 0.0696. The molecule has 0 aliphatic rings. The maximum absolute atomic E-state index is 11.4. The lowest BCUT2D eigenvalue weighted by atomic mass is 9.75. The molecule has 124 valence electrons. The highest BCUT2D eigenvalue weighted by Crippen LogP contribution is 2.41. The number of rotatable bonds is 6. The van der Waals surface area contributed by atoms with E-state index in [9.17, 15) is 15.0 Å². The summed E-state index contributed by atoms with van der Waals surface area (Å²) in [6.07, 6.45) is 4.30. The number of hydrogen-bond acceptors (Lipinski definition) is 2. The van der Waals surface area contributed by atoms with E-state index in [1.165, 1.54) is 0 Å². The Labute approximate surface area is 134 Å². The SMILES string of the molecule is CCCCCC(C)(C)c1cc(C(=O)O)cc(C(C)(C)C)c1O. The summed E-state index contributed by atoms with van der Waals surface area (Å²) in [7, 11) is 0. The zero-order valence-electron chi connectivity index (χ0n) is 14.8. The van der Waals surface area contributed by atoms with Crippen molar-refractivity contribution in [2.45, 2.75) is 78.1 Å². The minimum atomic E-state index is -0.948. The number of phenols is 1. The second-order valence-electron chi connectivity index (χ2n) is 7.82. The van der Waals surface area contributed by atoms with Gasteiger partial charge in [0.15, 0.2) is 0 Å². The molecule has 0 fully saturated rings. The molecule has 2 N–H and O–H groups in total. The first-order chi connectivity index (χ1) is 10.0. The van der Waals surface area contributed by atoms with Gasteiger partial charge < -0.3 is 10.2 Å². The van der Waals surface area contributed by atoms with E-state index in [2.05, 4.69) is 20.8 Å². The third-order valence-corrected chi connectivity index (χ3v) is 4.30. The van der Waals surface area contributed by atoms with E-state index < -0.39 is 5.97 Å². The summed E-state index contributed by atoms with van der Waals surface area (Å²) in [5.41, 5.74) is 1.15. The molecular formula is C19H30O3. The molecule has 22 heavy (non-hydrogen) atoms. The lowest BCUT2D eigenvalue weighted by Gasteiger charge is -2.30. The first-order valence-electron chi connectivity index (χ1n) is 8.12. The Balaban J connectivity index is 3.39. The molecule has 0 aromatic heterocycles. The zero-order valence-corrected chi connectivity index (χ0v) is 14.8. The highest BCUT2D eigenvalue weighted by molar-refractivity contribution is 5.88. The summed E-state index contributed by atoms with van der Waals surface area (Å²) >= 11 is 0. The van der Waals surface area contributed by atoms with Crippen molar-refractivity contribution in [2.75, 3.05) is 0 Å². The number of aromatic hydroxyl groups is 1. The summed E-state index contributed by atoms with van der Waals surface area (Å²) in [6, 6.07) is 3.24. The number of hydrogen-bond donors (Lipinski definition) is 2. The first kappa shape index (κ1) is 18.5. The van der Waals surface area contributed by atoms with Crippen molar-refractivity contribution >= 4 is 5.97 Å². The standard InChI is InChI=1S/C19H30O3/c1-7-8-9-10-19(5,6)15-12-13(17(21)22)11-14(16(15)20)18(2,3)4/h11-12,20H,7-10H2,1-6H3,(H,21,22). The first-order valence-corrected chi connectivity index (χ1v) is 8.12. The lowest BCUT2D eigenvalue weighted by Crippen LogP contribution is -2.21. The number of phenolic OH excluding ortho intramolecular Hbond substituents is 1. The largest absolute Gasteiger partial charge is 0.507 e. The van der Waals surface area contributed by atoms with Crippen LogP contribution in [0.25, 0.3) is 0 Å². The predicted octanol–water partition coefficient (Wildman–Crippen LogP) is 5.25. The second-order valence-corrected chi connectivity index (χ2v) is 7.82. The van der Waals surface area contributed by atoms with Gasteiger partial charge in [-0.25, -0.2) is 4.79 Å². The van der Waals surface area contributed by atoms with Gasteiger partial charge in [-0.15, -0.1) is 0 Å². The molecule has 0 heterocycles. The van der Waals surface area contributed by atoms with Crippen LogP contribution in [0.3, 0.4) is 0 Å². The van der Waals surface area contributed by atoms with Gasteiger partial charge in [-0.05, 0) is 29.4 Å². The molecule has 0 saturated heterocycles. The molecule has 3 nitrogen and oxygen atoms in total. The normalized spacial score (nSPS) is 12.5. The molecule has 0 aliphatic carbocycles. The van der Waals surface area contributed by atoms with Crippen LogP contribution < -0.4 is 0 Å². The van der Waals surface area contributed by atoms with Gasteiger partial charge in [0.2, 0.25) is 0 Å². The second kappa shape index (κ2) is 6.72. The molecule has 1 aromatic carbocycles. The van der Waals surface area contributed by atoms with Crippen molar-refractivity contribution in [1.82, 2.24) is 0 Å². The molecule has 0 aliphatic heterocycles. The Hall–Kier alpha value is -1.51. The van der Waals surface area contributed by atoms with Gasteiger partial charge in [0, 0.05) is 11.1 Å². The van der Waals surface area contributed by atoms with Crippen LogP contribution in [0.5, 0.6) is 5.75 Å². The van der Waals surface area contributed by atoms with Crippen LogP contribution in [-0.4, -0.2) is 16.2 Å². The highest BCUT2D eigenvalue weighted by Gasteiger charge is 2.30. The van der Waals surface area contributed by atoms with Crippen LogP contribution in [0, 0.1) is 0 Å². The Morgan fingerprint density at radius 1 is 1.05 bits per heavy atom. The van der Waals surface area contributed by atoms with Gasteiger partial charge in [-0.1, -0.05) is 60.8 Å². The van der Waals surface area contributed by atoms with Crippen molar-refractivity contribution in [1.29, 1.82) is 0 Å². The molecule has 1 rings (SSSR count). The van der Waals surface area contributed by atoms with Gasteiger partial charge in [-0.2, -0.15) is 0 Å². The summed E-state index contributed by atoms with van der Waals surface area (Å²) < 4.78 is 0. The fraction of sp³-hybridized carbons (Fsp3) is 0.632. The topological polar surface area (TPSA) is 57.5 Å². The van der Waals surface area contributed by atoms with Crippen LogP contribution in [-0.2, 0) is 10.8 Å². The molecule has 0 amide bonds. The fourth-order valence-corrected chi connectivity index (χ4v) is 2.80. The summed E-state index contributed by atoms with van der Waals surface area (Å²) in [4.78, 5) is 11.4. The average molecular weight is 306 g/mol. The van der Waals surface area contributed by atoms with Gasteiger partial charge in [0.1, 0.15) is 5.75 Å². The summed E-state index contributed by atoms with van der Waals surface area (Å²) in [5, 5.41) is 20.1. The van der Waals surface area contributed by atoms with E-state index in [4.69, 9.17) is 0 Å². The number of carbonyl (C=O) groups is 1. The van der Waals surface area contributed by atoms with E-state index in [0.717, 1.165) is 31.2 Å². The van der Waals surface area contributed by atoms with E-state index >= 15 is 0 Å². The molecule has 0 saturated carbocycles. The smallest absolute Gasteiger partial charge is 0.335 e. The summed E-state index contributed by atoms with van der Waals surface area (Å²) in [5.74, 6) is -0.699. The van der Waals surface area contributed by atoms with E-state index in [1.807, 2.05) is 20.8 Å². The quantitative estimate of drug-likeness (QED) is 0.706. The monoisotopic (exact) mass is 306 g/mol. The van der Waals surface area contributed by atoms with Gasteiger partial charge in [-0.3, -0.25) is 0 Å². The molecule has 1 aromatic rings. The third-order valence-electron chi connectivity index (χ3n) is 4.30. The molecule has 0 unspecified atom stereocenters. The average Bonchev–Trinajstić information content (AvgIpc) is 2.37. The molecule has 0 bridgehead atoms. The van der Waals surface area contributed by atoms with Crippen molar-refractivity contribution in [3.8, 4) is 5.75 Å². The van der Waals surface area contributed by atoms with Crippen LogP contribution in [0.1, 0.15) is 88.7 Å². The van der Waals surface area contributed by atoms with Crippen LogP contribution in [0.2, 0.25) is 0 Å². The number of carboxylic acid groups (broad SMARTS) is 1. The molecule has 0 spiro atoms. The number of benzene rings is 1. The van der Waals surface area contributed by atoms with Crippen molar-refractivity contribution in [2.24, 2.45) is 0 Å². The predicted molar refractivity (Wildman–Crippen MR) is 90.9 cm³/mol. The Morgan fingerprint density at radius 2 is 1.59 bits per heavy atom. The Kier molecular flexibility index (Phi) is 5.66. The van der Waals surface area contributed by atoms with Crippen LogP contribution in [0.15, 0.2) is 12.1 Å². The van der Waals surface area contributed by atoms with Gasteiger partial charge >= 0.3 is 5.97 Å². The number of aromatic carboxylic acids is 1. The third kappa shape index (κ3) is 4.25. The maximum Gasteiger partial charge on any atom is 0.335 e. The van der Waals surface area contributed by atoms with Crippen LogP contribution >= 0.6 is 0 Å². The minimum absolute atomic E-state index is 0.245. The highest BCUT2D eigenvalue weighted by atomic mass is 16.4. The molecular weight excluding hydrogens is 276 g/mol. The van der Waals surface area contributed by atoms with Crippen molar-refractivity contribution in [3.05, 3.63) is 28.8 Å². The van der Waals surface area contributed by atoms with E-state index in [1.54, 1.807) is 12.1 Å². The molecule has 0 radical (unpaired) electrons. The van der Waals surface area contributed by atoms with E-state index in [0.29, 0.717) is 5.56 Å². The van der Waals surface area contributed by atoms with E-state index in [-0.39, 0.29) is 22.1 Å². The Morgan fingerprint density at radius 3 is 2.05 bits per heavy atom. The number of carboxylic acids is 1. The number of unbranched alkanes of at least 4 members (excludes halogenated alkanes) is 2. The van der Waals surface area contributed by atoms with Crippen LogP contribution in [0.4, 0.5) is 0 Å². The fourth-order valence-electron chi connectivity index (χ4n) is 2.80. The maximum atomic E-state index is 11.4. The van der Waals surface area contributed by atoms with Gasteiger partial charge in [0.25, 0.3) is 0 Å². The minimum Gasteiger partial charge on any atom is -0.507 e. The van der Waals surface area contributed by atoms with Crippen molar-refractivity contribution in [3.63, 3.8) is 0 Å². The van der Waals surface area contributed by atoms with Crippen molar-refractivity contribution < 1.29 is 15.0 Å². The van der Waals surface area contributed by atoms with Gasteiger partial charge in [0.05, 0.1) is 5.56 Å².